The Bertz CT molecular complexity index is 434. The van der Waals surface area contributed by atoms with Gasteiger partial charge in [-0.15, -0.1) is 0 Å². The molecule has 1 aliphatic carbocycles. The maximum atomic E-state index is 12.1. The van der Waals surface area contributed by atoms with Crippen LogP contribution >= 0.6 is 0 Å². The third kappa shape index (κ3) is 3.56. The number of rotatable bonds is 4. The van der Waals surface area contributed by atoms with E-state index in [1.165, 1.54) is 0 Å². The van der Waals surface area contributed by atoms with Gasteiger partial charge in [0, 0.05) is 13.6 Å². The van der Waals surface area contributed by atoms with Crippen LogP contribution in [0.3, 0.4) is 0 Å². The number of hydrogen-bond donors (Lipinski definition) is 2. The average Bonchev–Trinajstić information content (AvgIpc) is 2.79. The monoisotopic (exact) mass is 265 g/mol. The van der Waals surface area contributed by atoms with Crippen LogP contribution in [-0.2, 0) is 13.5 Å². The first-order chi connectivity index (χ1) is 9.10. The Kier molecular flexibility index (Phi) is 4.58. The SMILES string of the molecule is CCc1cc(C(=O)NCC2CCC(O)CC2)n(C)n1. The zero-order valence-electron chi connectivity index (χ0n) is 11.7. The number of aryl methyl sites for hydroxylation is 2. The van der Waals surface area contributed by atoms with E-state index >= 15 is 0 Å². The quantitative estimate of drug-likeness (QED) is 0.861. The van der Waals surface area contributed by atoms with Crippen LogP contribution in [0.1, 0.15) is 48.8 Å². The van der Waals surface area contributed by atoms with Crippen LogP contribution in [0, 0.1) is 5.92 Å². The first-order valence-electron chi connectivity index (χ1n) is 7.09. The van der Waals surface area contributed by atoms with Crippen LogP contribution in [0.15, 0.2) is 6.07 Å². The van der Waals surface area contributed by atoms with E-state index in [4.69, 9.17) is 0 Å². The number of nitrogens with one attached hydrogen (secondary N) is 1. The molecule has 1 aliphatic rings. The van der Waals surface area contributed by atoms with Gasteiger partial charge in [0.05, 0.1) is 11.8 Å². The number of aliphatic hydroxyl groups excluding tert-OH is 1. The maximum Gasteiger partial charge on any atom is 0.269 e. The van der Waals surface area contributed by atoms with Crippen molar-refractivity contribution in [2.24, 2.45) is 13.0 Å². The van der Waals surface area contributed by atoms with Gasteiger partial charge in [-0.2, -0.15) is 5.10 Å². The second-order valence-corrected chi connectivity index (χ2v) is 5.38. The van der Waals surface area contributed by atoms with E-state index in [9.17, 15) is 9.90 Å². The summed E-state index contributed by atoms with van der Waals surface area (Å²) in [6.45, 7) is 2.72. The molecule has 19 heavy (non-hydrogen) atoms. The summed E-state index contributed by atoms with van der Waals surface area (Å²) in [5.74, 6) is 0.437. The largest absolute Gasteiger partial charge is 0.393 e. The van der Waals surface area contributed by atoms with Crippen molar-refractivity contribution in [1.82, 2.24) is 15.1 Å². The van der Waals surface area contributed by atoms with Crippen LogP contribution in [-0.4, -0.2) is 33.4 Å². The van der Waals surface area contributed by atoms with Crippen molar-refractivity contribution in [3.63, 3.8) is 0 Å². The molecule has 0 atom stereocenters. The highest BCUT2D eigenvalue weighted by Crippen LogP contribution is 2.23. The summed E-state index contributed by atoms with van der Waals surface area (Å²) in [7, 11) is 1.80. The molecule has 1 fully saturated rings. The van der Waals surface area contributed by atoms with Gasteiger partial charge >= 0.3 is 0 Å². The van der Waals surface area contributed by atoms with Crippen LogP contribution in [0.25, 0.3) is 0 Å². The Labute approximate surface area is 114 Å². The minimum absolute atomic E-state index is 0.0548. The van der Waals surface area contributed by atoms with E-state index in [2.05, 4.69) is 10.4 Å². The van der Waals surface area contributed by atoms with Gasteiger partial charge in [-0.1, -0.05) is 6.92 Å². The van der Waals surface area contributed by atoms with E-state index in [1.54, 1.807) is 11.7 Å². The fourth-order valence-corrected chi connectivity index (χ4v) is 2.59. The van der Waals surface area contributed by atoms with Crippen molar-refractivity contribution in [1.29, 1.82) is 0 Å². The van der Waals surface area contributed by atoms with Crippen LogP contribution in [0.2, 0.25) is 0 Å². The lowest BCUT2D eigenvalue weighted by molar-refractivity contribution is 0.0902. The summed E-state index contributed by atoms with van der Waals surface area (Å²) in [6, 6.07) is 1.85. The molecule has 1 aromatic heterocycles. The minimum atomic E-state index is -0.142. The molecule has 1 amide bonds. The highest BCUT2D eigenvalue weighted by Gasteiger charge is 2.20. The summed E-state index contributed by atoms with van der Waals surface area (Å²) in [4.78, 5) is 12.1. The van der Waals surface area contributed by atoms with Gasteiger partial charge in [0.15, 0.2) is 0 Å². The molecule has 1 aromatic rings. The first-order valence-corrected chi connectivity index (χ1v) is 7.09. The van der Waals surface area contributed by atoms with E-state index in [1.807, 2.05) is 13.0 Å². The zero-order valence-corrected chi connectivity index (χ0v) is 11.7. The van der Waals surface area contributed by atoms with E-state index in [0.717, 1.165) is 37.8 Å². The summed E-state index contributed by atoms with van der Waals surface area (Å²) in [5, 5.41) is 16.7. The number of aliphatic hydroxyl groups is 1. The standard InChI is InChI=1S/C14H23N3O2/c1-3-11-8-13(17(2)16-11)14(19)15-9-10-4-6-12(18)7-5-10/h8,10,12,18H,3-7,9H2,1-2H3,(H,15,19). The average molecular weight is 265 g/mol. The first kappa shape index (κ1) is 14.1. The number of carbonyl (C=O) groups is 1. The molecule has 2 N–H and O–H groups in total. The van der Waals surface area contributed by atoms with Gasteiger partial charge in [0.2, 0.25) is 0 Å². The van der Waals surface area contributed by atoms with E-state index in [-0.39, 0.29) is 12.0 Å². The van der Waals surface area contributed by atoms with Gasteiger partial charge in [-0.25, -0.2) is 0 Å². The van der Waals surface area contributed by atoms with E-state index < -0.39 is 0 Å². The van der Waals surface area contributed by atoms with Crippen molar-refractivity contribution >= 4 is 5.91 Å². The molecule has 0 saturated heterocycles. The summed E-state index contributed by atoms with van der Waals surface area (Å²) in [6.07, 6.45) is 4.39. The molecule has 0 aliphatic heterocycles. The van der Waals surface area contributed by atoms with Gasteiger partial charge in [-0.05, 0) is 44.1 Å². The molecule has 0 unspecified atom stereocenters. The van der Waals surface area contributed by atoms with Crippen molar-refractivity contribution in [2.75, 3.05) is 6.54 Å². The number of amides is 1. The maximum absolute atomic E-state index is 12.1. The van der Waals surface area contributed by atoms with Gasteiger partial charge in [0.1, 0.15) is 5.69 Å². The normalized spacial score (nSPS) is 23.3. The Morgan fingerprint density at radius 3 is 2.74 bits per heavy atom. The summed E-state index contributed by atoms with van der Waals surface area (Å²) < 4.78 is 1.64. The van der Waals surface area contributed by atoms with Crippen molar-refractivity contribution in [3.8, 4) is 0 Å². The number of aromatic nitrogens is 2. The fourth-order valence-electron chi connectivity index (χ4n) is 2.59. The molecule has 2 rings (SSSR count). The Morgan fingerprint density at radius 1 is 1.47 bits per heavy atom. The fraction of sp³-hybridized carbons (Fsp3) is 0.714. The van der Waals surface area contributed by atoms with Gasteiger partial charge < -0.3 is 10.4 Å². The van der Waals surface area contributed by atoms with Crippen LogP contribution in [0.4, 0.5) is 0 Å². The molecule has 0 spiro atoms. The predicted molar refractivity (Wildman–Crippen MR) is 72.9 cm³/mol. The second kappa shape index (κ2) is 6.19. The van der Waals surface area contributed by atoms with Crippen LogP contribution in [0.5, 0.6) is 0 Å². The topological polar surface area (TPSA) is 67.2 Å². The molecule has 0 aromatic carbocycles. The summed E-state index contributed by atoms with van der Waals surface area (Å²) in [5.41, 5.74) is 1.56. The highest BCUT2D eigenvalue weighted by atomic mass is 16.3. The Balaban J connectivity index is 1.85. The van der Waals surface area contributed by atoms with Gasteiger partial charge in [0.25, 0.3) is 5.91 Å². The number of hydrogen-bond acceptors (Lipinski definition) is 3. The lowest BCUT2D eigenvalue weighted by Crippen LogP contribution is -2.33. The molecule has 0 radical (unpaired) electrons. The third-order valence-electron chi connectivity index (χ3n) is 3.89. The molecule has 1 saturated carbocycles. The molecule has 5 nitrogen and oxygen atoms in total. The van der Waals surface area contributed by atoms with Crippen molar-refractivity contribution < 1.29 is 9.90 Å². The molecular weight excluding hydrogens is 242 g/mol. The van der Waals surface area contributed by atoms with Crippen molar-refractivity contribution in [2.45, 2.75) is 45.1 Å². The van der Waals surface area contributed by atoms with E-state index in [0.29, 0.717) is 18.2 Å². The molecule has 1 heterocycles. The molecule has 0 bridgehead atoms. The highest BCUT2D eigenvalue weighted by molar-refractivity contribution is 5.92. The Morgan fingerprint density at radius 2 is 2.16 bits per heavy atom. The summed E-state index contributed by atoms with van der Waals surface area (Å²) >= 11 is 0. The smallest absolute Gasteiger partial charge is 0.269 e. The predicted octanol–water partition coefficient (Wildman–Crippen LogP) is 1.26. The third-order valence-corrected chi connectivity index (χ3v) is 3.89. The number of carbonyl (C=O) groups excluding carboxylic acids is 1. The lowest BCUT2D eigenvalue weighted by Gasteiger charge is -2.25. The second-order valence-electron chi connectivity index (χ2n) is 5.38. The van der Waals surface area contributed by atoms with Crippen molar-refractivity contribution in [3.05, 3.63) is 17.5 Å². The van der Waals surface area contributed by atoms with Gasteiger partial charge in [-0.3, -0.25) is 9.48 Å². The molecule has 106 valence electrons. The zero-order chi connectivity index (χ0) is 13.8. The van der Waals surface area contributed by atoms with Crippen LogP contribution < -0.4 is 5.32 Å². The Hall–Kier alpha value is -1.36. The molecular formula is C14H23N3O2. The lowest BCUT2D eigenvalue weighted by atomic mass is 9.87. The number of nitrogens with zero attached hydrogens (tertiary/aromatic N) is 2. The molecule has 5 heteroatoms. The minimum Gasteiger partial charge on any atom is -0.393 e.